The van der Waals surface area contributed by atoms with Crippen LogP contribution < -0.4 is 10.5 Å². The lowest BCUT2D eigenvalue weighted by atomic mass is 10.2. The van der Waals surface area contributed by atoms with Gasteiger partial charge in [-0.1, -0.05) is 0 Å². The van der Waals surface area contributed by atoms with Crippen LogP contribution in [0.2, 0.25) is 0 Å². The monoisotopic (exact) mass is 386 g/mol. The number of pyridine rings is 1. The SMILES string of the molecule is CS(=O)(=O)COc1ccc(-n2c(-c3nonc3N)nc3cnccc32)cc1. The Labute approximate surface area is 153 Å². The summed E-state index contributed by atoms with van der Waals surface area (Å²) >= 11 is 0. The van der Waals surface area contributed by atoms with Crippen LogP contribution in [0.3, 0.4) is 0 Å². The van der Waals surface area contributed by atoms with Crippen molar-refractivity contribution in [2.45, 2.75) is 0 Å². The first kappa shape index (κ1) is 17.0. The first-order valence-electron chi connectivity index (χ1n) is 7.74. The van der Waals surface area contributed by atoms with Crippen molar-refractivity contribution in [3.8, 4) is 23.0 Å². The van der Waals surface area contributed by atoms with E-state index in [2.05, 4.69) is 20.3 Å². The van der Waals surface area contributed by atoms with E-state index in [1.54, 1.807) is 36.7 Å². The number of ether oxygens (including phenoxy) is 1. The summed E-state index contributed by atoms with van der Waals surface area (Å²) in [7, 11) is -3.23. The van der Waals surface area contributed by atoms with Crippen LogP contribution in [0.15, 0.2) is 47.4 Å². The molecule has 0 radical (unpaired) electrons. The van der Waals surface area contributed by atoms with Crippen molar-refractivity contribution in [1.29, 1.82) is 0 Å². The fourth-order valence-corrected chi connectivity index (χ4v) is 2.92. The summed E-state index contributed by atoms with van der Waals surface area (Å²) in [5.41, 5.74) is 8.31. The number of nitrogen functional groups attached to an aromatic ring is 1. The second-order valence-electron chi connectivity index (χ2n) is 5.82. The number of nitrogens with zero attached hydrogens (tertiary/aromatic N) is 5. The van der Waals surface area contributed by atoms with Crippen LogP contribution in [-0.2, 0) is 9.84 Å². The maximum absolute atomic E-state index is 11.2. The molecule has 0 fully saturated rings. The maximum atomic E-state index is 11.2. The lowest BCUT2D eigenvalue weighted by Crippen LogP contribution is -2.09. The summed E-state index contributed by atoms with van der Waals surface area (Å²) in [4.78, 5) is 8.61. The van der Waals surface area contributed by atoms with E-state index in [1.165, 1.54) is 0 Å². The summed E-state index contributed by atoms with van der Waals surface area (Å²) in [5, 5.41) is 7.44. The minimum Gasteiger partial charge on any atom is -0.478 e. The Morgan fingerprint density at radius 3 is 2.63 bits per heavy atom. The minimum absolute atomic E-state index is 0.118. The Balaban J connectivity index is 1.80. The Kier molecular flexibility index (Phi) is 4.00. The van der Waals surface area contributed by atoms with E-state index in [-0.39, 0.29) is 5.82 Å². The molecule has 27 heavy (non-hydrogen) atoms. The van der Waals surface area contributed by atoms with Gasteiger partial charge in [-0.3, -0.25) is 9.55 Å². The molecule has 3 heterocycles. The Morgan fingerprint density at radius 2 is 1.96 bits per heavy atom. The second-order valence-corrected chi connectivity index (χ2v) is 7.90. The smallest absolute Gasteiger partial charge is 0.199 e. The molecule has 0 bridgehead atoms. The van der Waals surface area contributed by atoms with E-state index < -0.39 is 15.8 Å². The Bertz CT molecular complexity index is 1210. The molecule has 4 rings (SSSR count). The van der Waals surface area contributed by atoms with Crippen molar-refractivity contribution in [3.05, 3.63) is 42.7 Å². The lowest BCUT2D eigenvalue weighted by Gasteiger charge is -2.10. The molecule has 1 aromatic carbocycles. The third kappa shape index (κ3) is 3.31. The fraction of sp³-hybridized carbons (Fsp3) is 0.125. The molecule has 0 saturated heterocycles. The summed E-state index contributed by atoms with van der Waals surface area (Å²) in [5.74, 6) is 0.604. The average Bonchev–Trinajstić information content (AvgIpc) is 3.23. The highest BCUT2D eigenvalue weighted by Gasteiger charge is 2.20. The Morgan fingerprint density at radius 1 is 1.19 bits per heavy atom. The molecular formula is C16H14N6O4S. The number of nitrogens with two attached hydrogens (primary N) is 1. The third-order valence-electron chi connectivity index (χ3n) is 3.72. The molecule has 4 aromatic rings. The molecule has 2 N–H and O–H groups in total. The van der Waals surface area contributed by atoms with E-state index in [1.807, 2.05) is 10.6 Å². The van der Waals surface area contributed by atoms with E-state index in [0.29, 0.717) is 22.8 Å². The van der Waals surface area contributed by atoms with E-state index in [9.17, 15) is 8.42 Å². The van der Waals surface area contributed by atoms with E-state index in [4.69, 9.17) is 15.1 Å². The fourth-order valence-electron chi connectivity index (χ4n) is 2.57. The maximum Gasteiger partial charge on any atom is 0.199 e. The van der Waals surface area contributed by atoms with Gasteiger partial charge in [-0.25, -0.2) is 18.0 Å². The zero-order valence-corrected chi connectivity index (χ0v) is 14.9. The molecular weight excluding hydrogens is 372 g/mol. The van der Waals surface area contributed by atoms with Gasteiger partial charge < -0.3 is 10.5 Å². The van der Waals surface area contributed by atoms with Crippen LogP contribution in [0, 0.1) is 0 Å². The predicted molar refractivity (Wildman–Crippen MR) is 96.9 cm³/mol. The zero-order chi connectivity index (χ0) is 19.0. The molecule has 3 aromatic heterocycles. The molecule has 138 valence electrons. The number of aromatic nitrogens is 5. The van der Waals surface area contributed by atoms with E-state index in [0.717, 1.165) is 17.5 Å². The normalized spacial score (nSPS) is 11.7. The summed E-state index contributed by atoms with van der Waals surface area (Å²) < 4.78 is 34.3. The van der Waals surface area contributed by atoms with Crippen molar-refractivity contribution >= 4 is 26.7 Å². The topological polar surface area (TPSA) is 139 Å². The first-order valence-corrected chi connectivity index (χ1v) is 9.80. The highest BCUT2D eigenvalue weighted by Crippen LogP contribution is 2.30. The van der Waals surface area contributed by atoms with Crippen LogP contribution in [0.4, 0.5) is 5.82 Å². The van der Waals surface area contributed by atoms with E-state index >= 15 is 0 Å². The number of sulfone groups is 1. The van der Waals surface area contributed by atoms with Gasteiger partial charge >= 0.3 is 0 Å². The van der Waals surface area contributed by atoms with Crippen molar-refractivity contribution in [3.63, 3.8) is 0 Å². The van der Waals surface area contributed by atoms with Gasteiger partial charge in [-0.05, 0) is 40.6 Å². The lowest BCUT2D eigenvalue weighted by molar-refractivity contribution is 0.310. The van der Waals surface area contributed by atoms with Crippen LogP contribution in [0.5, 0.6) is 5.75 Å². The van der Waals surface area contributed by atoms with Gasteiger partial charge in [-0.15, -0.1) is 0 Å². The number of fused-ring (bicyclic) bond motifs is 1. The highest BCUT2D eigenvalue weighted by atomic mass is 32.2. The third-order valence-corrected chi connectivity index (χ3v) is 4.26. The number of imidazole rings is 1. The number of hydrogen-bond donors (Lipinski definition) is 1. The van der Waals surface area contributed by atoms with Crippen LogP contribution in [-0.4, -0.2) is 45.5 Å². The van der Waals surface area contributed by atoms with Crippen molar-refractivity contribution in [2.24, 2.45) is 0 Å². The van der Waals surface area contributed by atoms with Crippen LogP contribution >= 0.6 is 0 Å². The van der Waals surface area contributed by atoms with Gasteiger partial charge in [0.2, 0.25) is 0 Å². The molecule has 0 spiro atoms. The first-order chi connectivity index (χ1) is 12.9. The van der Waals surface area contributed by atoms with Crippen molar-refractivity contribution in [2.75, 3.05) is 17.9 Å². The highest BCUT2D eigenvalue weighted by molar-refractivity contribution is 7.90. The summed E-state index contributed by atoms with van der Waals surface area (Å²) in [6.45, 7) is 0. The second kappa shape index (κ2) is 6.36. The number of rotatable bonds is 5. The molecule has 0 atom stereocenters. The summed E-state index contributed by atoms with van der Waals surface area (Å²) in [6, 6.07) is 8.69. The standard InChI is InChI=1S/C16H14N6O4S/c1-27(23,24)9-25-11-4-2-10(3-5-11)22-13-6-7-18-8-12(13)19-16(22)14-15(17)21-26-20-14/h2-8H,9H2,1H3,(H2,17,21). The van der Waals surface area contributed by atoms with Gasteiger partial charge in [-0.2, -0.15) is 0 Å². The van der Waals surface area contributed by atoms with Crippen molar-refractivity contribution < 1.29 is 17.8 Å². The number of anilines is 1. The average molecular weight is 386 g/mol. The molecule has 10 nitrogen and oxygen atoms in total. The van der Waals surface area contributed by atoms with Crippen LogP contribution in [0.25, 0.3) is 28.2 Å². The molecule has 0 aliphatic rings. The van der Waals surface area contributed by atoms with Gasteiger partial charge in [0.15, 0.2) is 33.1 Å². The quantitative estimate of drug-likeness (QED) is 0.539. The van der Waals surface area contributed by atoms with Gasteiger partial charge in [0.1, 0.15) is 11.3 Å². The zero-order valence-electron chi connectivity index (χ0n) is 14.1. The molecule has 0 aliphatic heterocycles. The molecule has 0 aliphatic carbocycles. The molecule has 11 heteroatoms. The number of benzene rings is 1. The molecule has 0 amide bonds. The summed E-state index contributed by atoms with van der Waals surface area (Å²) in [6.07, 6.45) is 4.39. The van der Waals surface area contributed by atoms with Crippen molar-refractivity contribution in [1.82, 2.24) is 24.8 Å². The largest absolute Gasteiger partial charge is 0.478 e. The Hall–Kier alpha value is -3.47. The predicted octanol–water partition coefficient (Wildman–Crippen LogP) is 1.43. The minimum atomic E-state index is -3.23. The molecule has 0 unspecified atom stereocenters. The van der Waals surface area contributed by atoms with Gasteiger partial charge in [0.05, 0.1) is 11.7 Å². The molecule has 0 saturated carbocycles. The van der Waals surface area contributed by atoms with Crippen LogP contribution in [0.1, 0.15) is 0 Å². The van der Waals surface area contributed by atoms with Gasteiger partial charge in [0.25, 0.3) is 0 Å². The van der Waals surface area contributed by atoms with Gasteiger partial charge in [0, 0.05) is 18.1 Å². The number of hydrogen-bond acceptors (Lipinski definition) is 9.